The van der Waals surface area contributed by atoms with Crippen molar-refractivity contribution in [2.75, 3.05) is 40.0 Å². The Labute approximate surface area is 300 Å². The van der Waals surface area contributed by atoms with Crippen LogP contribution in [0.3, 0.4) is 0 Å². The van der Waals surface area contributed by atoms with Crippen molar-refractivity contribution in [3.63, 3.8) is 0 Å². The molecule has 11 nitrogen and oxygen atoms in total. The lowest BCUT2D eigenvalue weighted by molar-refractivity contribution is -0.384. The number of nitro benzene ring substituents is 1. The van der Waals surface area contributed by atoms with Crippen molar-refractivity contribution in [3.05, 3.63) is 117 Å². The lowest BCUT2D eigenvalue weighted by atomic mass is 9.75. The van der Waals surface area contributed by atoms with E-state index in [-0.39, 0.29) is 23.9 Å². The standard InChI is InChI=1S/C40H50N4O7/c1-29(28-51-35-20-11-8-12-21-35)43(27-32-16-9-7-10-17-32)24-23-41-22-13-5-6-14-25-50-40(46)37-31(3)42-30(2)36(39(45)49-4)38(37)33-18-15-19-34(26-33)44(47)48/h7-12,15-21,26,29,36,38,41H,5-6,13-14,22-25,27-28H2,1-4H3. The lowest BCUT2D eigenvalue weighted by Crippen LogP contribution is -2.41. The zero-order valence-electron chi connectivity index (χ0n) is 30.1. The fourth-order valence-electron chi connectivity index (χ4n) is 6.33. The SMILES string of the molecule is COC(=O)C1C(C)=NC(C)=C(C(=O)OCCCCCCNCCN(Cc2ccccc2)C(C)COc2ccccc2)C1c1cccc([N+](=O)[O-])c1. The highest BCUT2D eigenvalue weighted by Gasteiger charge is 2.42. The molecule has 4 rings (SSSR count). The molecule has 11 heteroatoms. The molecule has 51 heavy (non-hydrogen) atoms. The Balaban J connectivity index is 1.22. The number of nitro groups is 1. The minimum absolute atomic E-state index is 0.136. The van der Waals surface area contributed by atoms with Gasteiger partial charge in [-0.2, -0.15) is 0 Å². The van der Waals surface area contributed by atoms with E-state index in [0.717, 1.165) is 51.2 Å². The third kappa shape index (κ3) is 11.6. The predicted molar refractivity (Wildman–Crippen MR) is 198 cm³/mol. The average Bonchev–Trinajstić information content (AvgIpc) is 3.14. The number of hydrogen-bond donors (Lipinski definition) is 1. The highest BCUT2D eigenvalue weighted by Crippen LogP contribution is 2.41. The normalized spacial score (nSPS) is 16.4. The number of ether oxygens (including phenoxy) is 3. The number of nitrogens with zero attached hydrogens (tertiary/aromatic N) is 3. The topological polar surface area (TPSA) is 133 Å². The highest BCUT2D eigenvalue weighted by molar-refractivity contribution is 6.07. The molecule has 3 unspecified atom stereocenters. The van der Waals surface area contributed by atoms with Crippen LogP contribution in [0.25, 0.3) is 0 Å². The second-order valence-electron chi connectivity index (χ2n) is 12.8. The van der Waals surface area contributed by atoms with Gasteiger partial charge in [0, 0.05) is 55.1 Å². The third-order valence-corrected chi connectivity index (χ3v) is 9.09. The summed E-state index contributed by atoms with van der Waals surface area (Å²) < 4.78 is 16.8. The number of carbonyl (C=O) groups excluding carboxylic acids is 2. The van der Waals surface area contributed by atoms with Gasteiger partial charge in [-0.05, 0) is 63.4 Å². The number of nitrogens with one attached hydrogen (secondary N) is 1. The molecular weight excluding hydrogens is 648 g/mol. The largest absolute Gasteiger partial charge is 0.492 e. The van der Waals surface area contributed by atoms with Crippen LogP contribution in [0.15, 0.2) is 101 Å². The first-order chi connectivity index (χ1) is 24.7. The van der Waals surface area contributed by atoms with E-state index in [4.69, 9.17) is 14.2 Å². The maximum absolute atomic E-state index is 13.5. The van der Waals surface area contributed by atoms with Crippen LogP contribution in [0.5, 0.6) is 5.75 Å². The number of benzene rings is 3. The summed E-state index contributed by atoms with van der Waals surface area (Å²) in [5.74, 6) is -2.02. The van der Waals surface area contributed by atoms with Crippen LogP contribution in [0, 0.1) is 16.0 Å². The van der Waals surface area contributed by atoms with E-state index >= 15 is 0 Å². The molecule has 3 aromatic carbocycles. The van der Waals surface area contributed by atoms with Gasteiger partial charge in [0.05, 0.1) is 24.2 Å². The Morgan fingerprint density at radius 2 is 1.65 bits per heavy atom. The smallest absolute Gasteiger partial charge is 0.336 e. The Bertz CT molecular complexity index is 1640. The summed E-state index contributed by atoms with van der Waals surface area (Å²) in [5.41, 5.74) is 2.68. The van der Waals surface area contributed by atoms with Crippen LogP contribution in [0.4, 0.5) is 5.69 Å². The molecule has 1 aliphatic heterocycles. The summed E-state index contributed by atoms with van der Waals surface area (Å²) in [6.45, 7) is 9.87. The Hall–Kier alpha value is -4.87. The monoisotopic (exact) mass is 698 g/mol. The Morgan fingerprint density at radius 1 is 0.941 bits per heavy atom. The summed E-state index contributed by atoms with van der Waals surface area (Å²) in [6, 6.07) is 26.6. The van der Waals surface area contributed by atoms with E-state index in [2.05, 4.69) is 46.4 Å². The number of esters is 2. The van der Waals surface area contributed by atoms with Crippen molar-refractivity contribution in [1.29, 1.82) is 0 Å². The van der Waals surface area contributed by atoms with Crippen molar-refractivity contribution < 1.29 is 28.7 Å². The van der Waals surface area contributed by atoms with E-state index < -0.39 is 28.7 Å². The first-order valence-electron chi connectivity index (χ1n) is 17.6. The van der Waals surface area contributed by atoms with Crippen LogP contribution in [0.2, 0.25) is 0 Å². The van der Waals surface area contributed by atoms with Gasteiger partial charge < -0.3 is 19.5 Å². The first-order valence-corrected chi connectivity index (χ1v) is 17.6. The van der Waals surface area contributed by atoms with E-state index in [1.165, 1.54) is 24.8 Å². The maximum Gasteiger partial charge on any atom is 0.336 e. The number of methoxy groups -OCH3 is 1. The van der Waals surface area contributed by atoms with Gasteiger partial charge >= 0.3 is 11.9 Å². The predicted octanol–water partition coefficient (Wildman–Crippen LogP) is 6.88. The molecule has 3 aromatic rings. The van der Waals surface area contributed by atoms with Crippen LogP contribution in [0.1, 0.15) is 63.5 Å². The number of non-ortho nitro benzene ring substituents is 1. The van der Waals surface area contributed by atoms with Gasteiger partial charge in [-0.3, -0.25) is 24.8 Å². The molecule has 0 spiro atoms. The summed E-state index contributed by atoms with van der Waals surface area (Å²) in [4.78, 5) is 44.2. The van der Waals surface area contributed by atoms with Crippen molar-refractivity contribution in [3.8, 4) is 5.75 Å². The molecule has 1 aliphatic rings. The zero-order valence-corrected chi connectivity index (χ0v) is 30.1. The molecule has 272 valence electrons. The van der Waals surface area contributed by atoms with Gasteiger partial charge in [0.2, 0.25) is 0 Å². The lowest BCUT2D eigenvalue weighted by Gasteiger charge is -2.31. The average molecular weight is 699 g/mol. The third-order valence-electron chi connectivity index (χ3n) is 9.09. The van der Waals surface area contributed by atoms with Gasteiger partial charge in [0.25, 0.3) is 5.69 Å². The number of aliphatic imine (C=N–C) groups is 1. The fourth-order valence-corrected chi connectivity index (χ4v) is 6.33. The number of para-hydroxylation sites is 1. The van der Waals surface area contributed by atoms with E-state index in [1.54, 1.807) is 26.0 Å². The Kier molecular flexibility index (Phi) is 15.3. The molecule has 1 heterocycles. The number of allylic oxidation sites excluding steroid dienone is 1. The molecule has 0 aliphatic carbocycles. The van der Waals surface area contributed by atoms with E-state index in [9.17, 15) is 19.7 Å². The summed E-state index contributed by atoms with van der Waals surface area (Å²) in [5, 5.41) is 15.1. The molecule has 3 atom stereocenters. The minimum Gasteiger partial charge on any atom is -0.492 e. The number of rotatable bonds is 20. The van der Waals surface area contributed by atoms with Crippen molar-refractivity contribution in [2.24, 2.45) is 10.9 Å². The number of unbranched alkanes of at least 4 members (excludes halogenated alkanes) is 3. The van der Waals surface area contributed by atoms with Gasteiger partial charge in [-0.15, -0.1) is 0 Å². The van der Waals surface area contributed by atoms with Crippen LogP contribution in [-0.2, 0) is 25.6 Å². The van der Waals surface area contributed by atoms with Crippen LogP contribution in [-0.4, -0.2) is 73.5 Å². The molecule has 0 saturated heterocycles. The highest BCUT2D eigenvalue weighted by atomic mass is 16.6. The molecule has 0 amide bonds. The van der Waals surface area contributed by atoms with Gasteiger partial charge in [0.1, 0.15) is 18.3 Å². The maximum atomic E-state index is 13.5. The second-order valence-corrected chi connectivity index (χ2v) is 12.8. The molecule has 1 N–H and O–H groups in total. The second kappa shape index (κ2) is 20.1. The molecule has 0 bridgehead atoms. The van der Waals surface area contributed by atoms with Crippen LogP contribution < -0.4 is 10.1 Å². The molecule has 0 fully saturated rings. The van der Waals surface area contributed by atoms with Crippen molar-refractivity contribution in [2.45, 2.75) is 65.0 Å². The first kappa shape index (κ1) is 38.9. The molecular formula is C40H50N4O7. The molecule has 0 radical (unpaired) electrons. The van der Waals surface area contributed by atoms with Crippen LogP contribution >= 0.6 is 0 Å². The van der Waals surface area contributed by atoms with Crippen molar-refractivity contribution >= 4 is 23.3 Å². The summed E-state index contributed by atoms with van der Waals surface area (Å²) >= 11 is 0. The Morgan fingerprint density at radius 3 is 2.35 bits per heavy atom. The van der Waals surface area contributed by atoms with Crippen molar-refractivity contribution in [1.82, 2.24) is 10.2 Å². The quantitative estimate of drug-likeness (QED) is 0.0581. The molecule has 0 saturated carbocycles. The van der Waals surface area contributed by atoms with Gasteiger partial charge in [0.15, 0.2) is 0 Å². The van der Waals surface area contributed by atoms with Gasteiger partial charge in [-0.1, -0.05) is 73.5 Å². The van der Waals surface area contributed by atoms with Gasteiger partial charge in [-0.25, -0.2) is 4.79 Å². The minimum atomic E-state index is -0.910. The summed E-state index contributed by atoms with van der Waals surface area (Å²) in [6.07, 6.45) is 3.54. The number of hydrogen-bond acceptors (Lipinski definition) is 10. The van der Waals surface area contributed by atoms with E-state index in [1.807, 2.05) is 36.4 Å². The fraction of sp³-hybridized carbons (Fsp3) is 0.425. The van der Waals surface area contributed by atoms with E-state index in [0.29, 0.717) is 30.0 Å². The summed E-state index contributed by atoms with van der Waals surface area (Å²) in [7, 11) is 1.27. The number of carbonyl (C=O) groups is 2. The molecule has 0 aromatic heterocycles. The zero-order chi connectivity index (χ0) is 36.6.